The molecule has 6 nitrogen and oxygen atoms in total. The van der Waals surface area contributed by atoms with Gasteiger partial charge in [0.1, 0.15) is 17.2 Å². The van der Waals surface area contributed by atoms with Crippen LogP contribution in [-0.2, 0) is 4.57 Å². The molecule has 0 fully saturated rings. The lowest BCUT2D eigenvalue weighted by Gasteiger charge is -2.17. The van der Waals surface area contributed by atoms with Gasteiger partial charge in [0.25, 0.3) is 0 Å². The molecule has 3 aromatic carbocycles. The highest BCUT2D eigenvalue weighted by Gasteiger charge is 2.19. The quantitative estimate of drug-likeness (QED) is 0.586. The van der Waals surface area contributed by atoms with Gasteiger partial charge in [-0.25, -0.2) is 0 Å². The summed E-state index contributed by atoms with van der Waals surface area (Å²) in [6.45, 7) is 0. The Hall–Kier alpha value is -2.36. The SMILES string of the molecule is O=[PH](O)O.c1ccc(OP(Oc2ccccc2)Oc2ccccc2)cc1. The minimum absolute atomic E-state index is 0.709. The number of hydrogen-bond donors (Lipinski definition) is 2. The molecule has 0 bridgehead atoms. The molecule has 0 radical (unpaired) electrons. The molecule has 3 rings (SSSR count). The monoisotopic (exact) mass is 392 g/mol. The van der Waals surface area contributed by atoms with Crippen LogP contribution in [0.3, 0.4) is 0 Å². The van der Waals surface area contributed by atoms with E-state index in [0.717, 1.165) is 0 Å². The molecule has 136 valence electrons. The Kier molecular flexibility index (Phi) is 8.67. The molecule has 0 atom stereocenters. The van der Waals surface area contributed by atoms with E-state index in [2.05, 4.69) is 0 Å². The number of para-hydroxylation sites is 3. The van der Waals surface area contributed by atoms with Crippen molar-refractivity contribution in [2.45, 2.75) is 0 Å². The van der Waals surface area contributed by atoms with Crippen molar-refractivity contribution in [1.82, 2.24) is 0 Å². The fraction of sp³-hybridized carbons (Fsp3) is 0. The van der Waals surface area contributed by atoms with Gasteiger partial charge in [-0.15, -0.1) is 0 Å². The second-order valence-corrected chi connectivity index (χ2v) is 6.28. The largest absolute Gasteiger partial charge is 0.530 e. The van der Waals surface area contributed by atoms with E-state index in [4.69, 9.17) is 27.9 Å². The molecule has 0 unspecified atom stereocenters. The predicted molar refractivity (Wildman–Crippen MR) is 102 cm³/mol. The van der Waals surface area contributed by atoms with E-state index in [1.165, 1.54) is 0 Å². The van der Waals surface area contributed by atoms with E-state index >= 15 is 0 Å². The van der Waals surface area contributed by atoms with E-state index in [1.54, 1.807) is 0 Å². The Bertz CT molecular complexity index is 669. The first-order chi connectivity index (χ1) is 12.6. The van der Waals surface area contributed by atoms with Crippen molar-refractivity contribution >= 4 is 16.9 Å². The molecule has 0 amide bonds. The van der Waals surface area contributed by atoms with Gasteiger partial charge in [-0.1, -0.05) is 54.6 Å². The van der Waals surface area contributed by atoms with Crippen LogP contribution in [0.15, 0.2) is 91.0 Å². The van der Waals surface area contributed by atoms with Gasteiger partial charge < -0.3 is 23.4 Å². The van der Waals surface area contributed by atoms with Crippen LogP contribution < -0.4 is 13.6 Å². The van der Waals surface area contributed by atoms with Gasteiger partial charge in [0.15, 0.2) is 0 Å². The average Bonchev–Trinajstić information content (AvgIpc) is 2.64. The standard InChI is InChI=1S/C18H15O3P.H3O3P/c1-4-10-16(11-5-1)19-22(20-17-12-6-2-7-13-17)21-18-14-8-3-9-15-18;1-4(2)3/h1-15H;4H,(H2,1,2,3). The van der Waals surface area contributed by atoms with Crippen molar-refractivity contribution in [3.8, 4) is 17.2 Å². The minimum atomic E-state index is -3.13. The van der Waals surface area contributed by atoms with Crippen LogP contribution >= 0.6 is 16.9 Å². The van der Waals surface area contributed by atoms with Crippen molar-refractivity contribution < 1.29 is 27.9 Å². The Morgan fingerprint density at radius 3 is 1.04 bits per heavy atom. The van der Waals surface area contributed by atoms with Gasteiger partial charge in [-0.3, -0.25) is 4.57 Å². The molecule has 0 aliphatic rings. The lowest BCUT2D eigenvalue weighted by atomic mass is 10.3. The Labute approximate surface area is 153 Å². The highest BCUT2D eigenvalue weighted by molar-refractivity contribution is 7.43. The van der Waals surface area contributed by atoms with Crippen LogP contribution in [0.1, 0.15) is 0 Å². The third kappa shape index (κ3) is 8.15. The van der Waals surface area contributed by atoms with Crippen LogP contribution in [0, 0.1) is 0 Å². The average molecular weight is 392 g/mol. The molecule has 0 saturated carbocycles. The Balaban J connectivity index is 0.000000552. The summed E-state index contributed by atoms with van der Waals surface area (Å²) in [6, 6.07) is 28.5. The molecule has 3 aromatic rings. The molecule has 8 heteroatoms. The van der Waals surface area contributed by atoms with Gasteiger partial charge in [-0.05, 0) is 36.4 Å². The maximum absolute atomic E-state index is 8.74. The van der Waals surface area contributed by atoms with Gasteiger partial charge in [0.2, 0.25) is 0 Å². The summed E-state index contributed by atoms with van der Waals surface area (Å²) in [4.78, 5) is 14.3. The van der Waals surface area contributed by atoms with Gasteiger partial charge in [-0.2, -0.15) is 0 Å². The van der Waals surface area contributed by atoms with Crippen molar-refractivity contribution in [3.05, 3.63) is 91.0 Å². The maximum atomic E-state index is 8.74. The molecule has 2 N–H and O–H groups in total. The molecule has 0 saturated heterocycles. The summed E-state index contributed by atoms with van der Waals surface area (Å²) >= 11 is 0. The third-order valence-corrected chi connectivity index (χ3v) is 3.85. The highest BCUT2D eigenvalue weighted by atomic mass is 31.2. The van der Waals surface area contributed by atoms with Crippen LogP contribution in [-0.4, -0.2) is 9.79 Å². The summed E-state index contributed by atoms with van der Waals surface area (Å²) < 4.78 is 26.3. The predicted octanol–water partition coefficient (Wildman–Crippen LogP) is 4.81. The van der Waals surface area contributed by atoms with E-state index < -0.39 is 16.9 Å². The zero-order valence-corrected chi connectivity index (χ0v) is 15.5. The summed E-state index contributed by atoms with van der Waals surface area (Å²) in [5.41, 5.74) is 0. The first-order valence-corrected chi connectivity index (χ1v) is 9.94. The van der Waals surface area contributed by atoms with E-state index in [-0.39, 0.29) is 0 Å². The second-order valence-electron chi connectivity index (χ2n) is 4.72. The molecule has 0 heterocycles. The summed E-state index contributed by atoms with van der Waals surface area (Å²) in [5.74, 6) is 2.13. The van der Waals surface area contributed by atoms with E-state index in [9.17, 15) is 0 Å². The fourth-order valence-electron chi connectivity index (χ4n) is 1.76. The lowest BCUT2D eigenvalue weighted by molar-refractivity contribution is 0.388. The summed E-state index contributed by atoms with van der Waals surface area (Å²) in [6.07, 6.45) is 0. The van der Waals surface area contributed by atoms with Crippen LogP contribution in [0.25, 0.3) is 0 Å². The molecule has 0 aliphatic carbocycles. The summed E-state index contributed by atoms with van der Waals surface area (Å²) in [7, 11) is -4.72. The zero-order valence-electron chi connectivity index (χ0n) is 13.6. The third-order valence-electron chi connectivity index (χ3n) is 2.77. The van der Waals surface area contributed by atoms with Crippen molar-refractivity contribution in [2.24, 2.45) is 0 Å². The fourth-order valence-corrected chi connectivity index (χ4v) is 2.75. The van der Waals surface area contributed by atoms with Crippen molar-refractivity contribution in [3.63, 3.8) is 0 Å². The van der Waals surface area contributed by atoms with Gasteiger partial charge in [0.05, 0.1) is 0 Å². The number of benzene rings is 3. The van der Waals surface area contributed by atoms with Crippen LogP contribution in [0.2, 0.25) is 0 Å². The van der Waals surface area contributed by atoms with Crippen molar-refractivity contribution in [2.75, 3.05) is 0 Å². The van der Waals surface area contributed by atoms with Crippen molar-refractivity contribution in [1.29, 1.82) is 0 Å². The Morgan fingerprint density at radius 2 is 0.808 bits per heavy atom. The minimum Gasteiger partial charge on any atom is -0.409 e. The zero-order chi connectivity index (χ0) is 18.6. The molecule has 26 heavy (non-hydrogen) atoms. The lowest BCUT2D eigenvalue weighted by Crippen LogP contribution is -2.02. The smallest absolute Gasteiger partial charge is 0.409 e. The maximum Gasteiger partial charge on any atom is 0.530 e. The second kappa shape index (κ2) is 11.3. The summed E-state index contributed by atoms with van der Waals surface area (Å²) in [5, 5.41) is 0. The van der Waals surface area contributed by atoms with Gasteiger partial charge >= 0.3 is 16.9 Å². The van der Waals surface area contributed by atoms with E-state index in [1.807, 2.05) is 91.0 Å². The molecular weight excluding hydrogens is 374 g/mol. The number of rotatable bonds is 6. The van der Waals surface area contributed by atoms with Crippen LogP contribution in [0.5, 0.6) is 17.2 Å². The molecule has 0 spiro atoms. The topological polar surface area (TPSA) is 85.2 Å². The Morgan fingerprint density at radius 1 is 0.577 bits per heavy atom. The first-order valence-electron chi connectivity index (χ1n) is 7.54. The molecule has 0 aliphatic heterocycles. The van der Waals surface area contributed by atoms with Crippen LogP contribution in [0.4, 0.5) is 0 Å². The first kappa shape index (κ1) is 20.0. The van der Waals surface area contributed by atoms with Gasteiger partial charge in [0, 0.05) is 0 Å². The normalized spacial score (nSPS) is 10.0. The number of hydrogen-bond acceptors (Lipinski definition) is 4. The highest BCUT2D eigenvalue weighted by Crippen LogP contribution is 2.41. The van der Waals surface area contributed by atoms with E-state index in [0.29, 0.717) is 17.2 Å². The molecule has 0 aromatic heterocycles. The molecular formula is C18H18O6P2.